The SMILES string of the molecule is COc1ccc(CN(CC2CCCO2)C(=O)c2cnc3ccnn3c2C)cc1. The van der Waals surface area contributed by atoms with Gasteiger partial charge in [0.2, 0.25) is 0 Å². The third-order valence-corrected chi connectivity index (χ3v) is 5.15. The largest absolute Gasteiger partial charge is 0.497 e. The normalized spacial score (nSPS) is 16.4. The Morgan fingerprint density at radius 3 is 2.86 bits per heavy atom. The number of fused-ring (bicyclic) bond motifs is 1. The van der Waals surface area contributed by atoms with Gasteiger partial charge in [0.1, 0.15) is 5.75 Å². The van der Waals surface area contributed by atoms with Crippen LogP contribution < -0.4 is 4.74 Å². The molecule has 1 fully saturated rings. The van der Waals surface area contributed by atoms with Crippen LogP contribution in [0.3, 0.4) is 0 Å². The minimum Gasteiger partial charge on any atom is -0.497 e. The number of ether oxygens (including phenoxy) is 2. The van der Waals surface area contributed by atoms with Crippen LogP contribution >= 0.6 is 0 Å². The highest BCUT2D eigenvalue weighted by atomic mass is 16.5. The first-order valence-corrected chi connectivity index (χ1v) is 9.49. The van der Waals surface area contributed by atoms with Crippen LogP contribution in [0.5, 0.6) is 5.75 Å². The maximum atomic E-state index is 13.4. The summed E-state index contributed by atoms with van der Waals surface area (Å²) in [6.45, 7) is 3.71. The van der Waals surface area contributed by atoms with Crippen molar-refractivity contribution in [3.63, 3.8) is 0 Å². The molecule has 7 nitrogen and oxygen atoms in total. The highest BCUT2D eigenvalue weighted by Crippen LogP contribution is 2.20. The molecule has 3 heterocycles. The summed E-state index contributed by atoms with van der Waals surface area (Å²) in [4.78, 5) is 19.6. The molecule has 0 radical (unpaired) electrons. The zero-order chi connectivity index (χ0) is 19.5. The Kier molecular flexibility index (Phi) is 5.25. The molecule has 1 amide bonds. The molecular weight excluding hydrogens is 356 g/mol. The number of nitrogens with zero attached hydrogens (tertiary/aromatic N) is 4. The molecule has 0 N–H and O–H groups in total. The van der Waals surface area contributed by atoms with Gasteiger partial charge in [-0.1, -0.05) is 12.1 Å². The first-order valence-electron chi connectivity index (χ1n) is 9.49. The van der Waals surface area contributed by atoms with Crippen LogP contribution in [0.1, 0.15) is 34.5 Å². The molecule has 1 aliphatic heterocycles. The van der Waals surface area contributed by atoms with Crippen molar-refractivity contribution in [3.05, 3.63) is 59.5 Å². The van der Waals surface area contributed by atoms with Crippen LogP contribution in [0.25, 0.3) is 5.65 Å². The van der Waals surface area contributed by atoms with Gasteiger partial charge in [0.15, 0.2) is 5.65 Å². The number of carbonyl (C=O) groups excluding carboxylic acids is 1. The number of amides is 1. The Hall–Kier alpha value is -2.93. The Morgan fingerprint density at radius 2 is 2.14 bits per heavy atom. The summed E-state index contributed by atoms with van der Waals surface area (Å²) >= 11 is 0. The molecule has 2 aromatic heterocycles. The van der Waals surface area contributed by atoms with E-state index >= 15 is 0 Å². The van der Waals surface area contributed by atoms with E-state index in [4.69, 9.17) is 9.47 Å². The Bertz CT molecular complexity index is 961. The summed E-state index contributed by atoms with van der Waals surface area (Å²) in [5.74, 6) is 0.735. The minimum atomic E-state index is -0.0614. The summed E-state index contributed by atoms with van der Waals surface area (Å²) in [6.07, 6.45) is 5.41. The van der Waals surface area contributed by atoms with E-state index in [0.29, 0.717) is 18.7 Å². The molecular formula is C21H24N4O3. The Balaban J connectivity index is 1.62. The Labute approximate surface area is 163 Å². The molecule has 1 aliphatic rings. The third kappa shape index (κ3) is 3.71. The first kappa shape index (κ1) is 18.4. The smallest absolute Gasteiger partial charge is 0.257 e. The summed E-state index contributed by atoms with van der Waals surface area (Å²) in [7, 11) is 1.64. The molecule has 7 heteroatoms. The van der Waals surface area contributed by atoms with Gasteiger partial charge in [0.05, 0.1) is 30.7 Å². The number of aromatic nitrogens is 3. The molecule has 3 aromatic rings. The summed E-state index contributed by atoms with van der Waals surface area (Å²) in [6, 6.07) is 9.61. The highest BCUT2D eigenvalue weighted by molar-refractivity contribution is 5.95. The van der Waals surface area contributed by atoms with Gasteiger partial charge in [-0.2, -0.15) is 5.10 Å². The summed E-state index contributed by atoms with van der Waals surface area (Å²) in [5, 5.41) is 4.27. The second kappa shape index (κ2) is 7.98. The second-order valence-electron chi connectivity index (χ2n) is 7.03. The molecule has 28 heavy (non-hydrogen) atoms. The molecule has 1 unspecified atom stereocenters. The molecule has 4 rings (SSSR count). The molecule has 1 saturated heterocycles. The van der Waals surface area contributed by atoms with Crippen LogP contribution in [-0.2, 0) is 11.3 Å². The van der Waals surface area contributed by atoms with Crippen LogP contribution in [0.2, 0.25) is 0 Å². The van der Waals surface area contributed by atoms with Gasteiger partial charge in [-0.05, 0) is 37.5 Å². The van der Waals surface area contributed by atoms with Crippen molar-refractivity contribution in [2.24, 2.45) is 0 Å². The lowest BCUT2D eigenvalue weighted by molar-refractivity contribution is 0.0506. The van der Waals surface area contributed by atoms with Gasteiger partial charge in [-0.25, -0.2) is 9.50 Å². The van der Waals surface area contributed by atoms with E-state index in [1.807, 2.05) is 42.2 Å². The average Bonchev–Trinajstić information content (AvgIpc) is 3.40. The van der Waals surface area contributed by atoms with E-state index in [2.05, 4.69) is 10.1 Å². The third-order valence-electron chi connectivity index (χ3n) is 5.15. The van der Waals surface area contributed by atoms with Gasteiger partial charge < -0.3 is 14.4 Å². The lowest BCUT2D eigenvalue weighted by Crippen LogP contribution is -2.37. The predicted molar refractivity (Wildman–Crippen MR) is 104 cm³/mol. The second-order valence-corrected chi connectivity index (χ2v) is 7.03. The van der Waals surface area contributed by atoms with Crippen molar-refractivity contribution >= 4 is 11.6 Å². The fourth-order valence-electron chi connectivity index (χ4n) is 3.58. The fraction of sp³-hybridized carbons (Fsp3) is 0.381. The van der Waals surface area contributed by atoms with Crippen LogP contribution in [-0.4, -0.2) is 51.8 Å². The van der Waals surface area contributed by atoms with Gasteiger partial charge in [0, 0.05) is 32.0 Å². The molecule has 0 bridgehead atoms. The van der Waals surface area contributed by atoms with Gasteiger partial charge >= 0.3 is 0 Å². The maximum absolute atomic E-state index is 13.4. The van der Waals surface area contributed by atoms with Gasteiger partial charge in [-0.3, -0.25) is 4.79 Å². The average molecular weight is 380 g/mol. The lowest BCUT2D eigenvalue weighted by Gasteiger charge is -2.26. The van der Waals surface area contributed by atoms with Crippen molar-refractivity contribution in [1.82, 2.24) is 19.5 Å². The topological polar surface area (TPSA) is 69.0 Å². The maximum Gasteiger partial charge on any atom is 0.257 e. The van der Waals surface area contributed by atoms with Crippen molar-refractivity contribution in [2.45, 2.75) is 32.4 Å². The highest BCUT2D eigenvalue weighted by Gasteiger charge is 2.25. The molecule has 146 valence electrons. The van der Waals surface area contributed by atoms with Crippen LogP contribution in [0, 0.1) is 6.92 Å². The van der Waals surface area contributed by atoms with E-state index in [9.17, 15) is 4.79 Å². The van der Waals surface area contributed by atoms with Crippen molar-refractivity contribution < 1.29 is 14.3 Å². The molecule has 1 aromatic carbocycles. The van der Waals surface area contributed by atoms with Gasteiger partial charge in [-0.15, -0.1) is 0 Å². The molecule has 1 atom stereocenters. The number of carbonyl (C=O) groups is 1. The molecule has 0 aliphatic carbocycles. The summed E-state index contributed by atoms with van der Waals surface area (Å²) < 4.78 is 12.7. The lowest BCUT2D eigenvalue weighted by atomic mass is 10.1. The minimum absolute atomic E-state index is 0.0614. The van der Waals surface area contributed by atoms with Gasteiger partial charge in [0.25, 0.3) is 5.91 Å². The van der Waals surface area contributed by atoms with E-state index in [1.54, 1.807) is 24.0 Å². The predicted octanol–water partition coefficient (Wildman–Crippen LogP) is 2.87. The van der Waals surface area contributed by atoms with E-state index in [1.165, 1.54) is 0 Å². The van der Waals surface area contributed by atoms with E-state index in [0.717, 1.165) is 42.1 Å². The van der Waals surface area contributed by atoms with Crippen molar-refractivity contribution in [2.75, 3.05) is 20.3 Å². The van der Waals surface area contributed by atoms with Crippen LogP contribution in [0.4, 0.5) is 0 Å². The van der Waals surface area contributed by atoms with E-state index in [-0.39, 0.29) is 12.0 Å². The number of hydrogen-bond acceptors (Lipinski definition) is 5. The van der Waals surface area contributed by atoms with Crippen LogP contribution in [0.15, 0.2) is 42.7 Å². The molecule has 0 saturated carbocycles. The first-order chi connectivity index (χ1) is 13.7. The number of rotatable bonds is 6. The number of methoxy groups -OCH3 is 1. The fourth-order valence-corrected chi connectivity index (χ4v) is 3.58. The quantitative estimate of drug-likeness (QED) is 0.658. The monoisotopic (exact) mass is 380 g/mol. The summed E-state index contributed by atoms with van der Waals surface area (Å²) in [5.41, 5.74) is 3.11. The number of hydrogen-bond donors (Lipinski definition) is 0. The van der Waals surface area contributed by atoms with Crippen molar-refractivity contribution in [1.29, 1.82) is 0 Å². The zero-order valence-corrected chi connectivity index (χ0v) is 16.2. The molecule has 0 spiro atoms. The standard InChI is InChI=1S/C21H24N4O3/c1-15-19(12-22-20-9-10-23-25(15)20)21(26)24(14-18-4-3-11-28-18)13-16-5-7-17(27-2)8-6-16/h5-10,12,18H,3-4,11,13-14H2,1-2H3. The van der Waals surface area contributed by atoms with Crippen molar-refractivity contribution in [3.8, 4) is 5.75 Å². The van der Waals surface area contributed by atoms with E-state index < -0.39 is 0 Å². The number of benzene rings is 1. The Morgan fingerprint density at radius 1 is 1.32 bits per heavy atom. The number of aryl methyl sites for hydroxylation is 1. The zero-order valence-electron chi connectivity index (χ0n) is 16.2.